The summed E-state index contributed by atoms with van der Waals surface area (Å²) < 4.78 is 0. The molecule has 2 saturated heterocycles. The lowest BCUT2D eigenvalue weighted by Gasteiger charge is -2.28. The van der Waals surface area contributed by atoms with Gasteiger partial charge in [-0.1, -0.05) is 44.0 Å². The van der Waals surface area contributed by atoms with Crippen LogP contribution in [0.5, 0.6) is 0 Å². The summed E-state index contributed by atoms with van der Waals surface area (Å²) in [6.45, 7) is 8.51. The predicted octanol–water partition coefficient (Wildman–Crippen LogP) is 4.55. The second kappa shape index (κ2) is 14.2. The summed E-state index contributed by atoms with van der Waals surface area (Å²) in [7, 11) is 0. The number of hydrogen-bond donors (Lipinski definition) is 2. The molecule has 0 radical (unpaired) electrons. The maximum Gasteiger partial charge on any atom is 0.220 e. The Labute approximate surface area is 189 Å². The quantitative estimate of drug-likeness (QED) is 0.649. The summed E-state index contributed by atoms with van der Waals surface area (Å²) in [4.78, 5) is 15.1. The first-order valence-electron chi connectivity index (χ1n) is 11.0. The summed E-state index contributed by atoms with van der Waals surface area (Å²) in [6, 6.07) is 8.61. The average molecular weight is 444 g/mol. The molecule has 2 aliphatic rings. The van der Waals surface area contributed by atoms with E-state index in [0.717, 1.165) is 19.6 Å². The van der Waals surface area contributed by atoms with Crippen molar-refractivity contribution in [2.75, 3.05) is 26.2 Å². The molecule has 3 rings (SSSR count). The molecule has 29 heavy (non-hydrogen) atoms. The molecule has 2 aliphatic heterocycles. The number of benzene rings is 1. The summed E-state index contributed by atoms with van der Waals surface area (Å²) in [5.41, 5.74) is 2.63. The van der Waals surface area contributed by atoms with Crippen molar-refractivity contribution in [2.24, 2.45) is 11.8 Å². The molecule has 0 bridgehead atoms. The topological polar surface area (TPSA) is 44.4 Å². The van der Waals surface area contributed by atoms with E-state index in [9.17, 15) is 4.79 Å². The first kappa shape index (κ1) is 26.2. The number of halogens is 2. The lowest BCUT2D eigenvalue weighted by Crippen LogP contribution is -2.33. The van der Waals surface area contributed by atoms with Crippen LogP contribution >= 0.6 is 24.8 Å². The normalized spacial score (nSPS) is 19.3. The Morgan fingerprint density at radius 1 is 1.07 bits per heavy atom. The van der Waals surface area contributed by atoms with Crippen LogP contribution in [-0.2, 0) is 17.9 Å². The highest BCUT2D eigenvalue weighted by Gasteiger charge is 2.22. The Bertz CT molecular complexity index is 585. The van der Waals surface area contributed by atoms with Crippen LogP contribution in [0.4, 0.5) is 0 Å². The van der Waals surface area contributed by atoms with Crippen LogP contribution in [0, 0.1) is 11.8 Å². The van der Waals surface area contributed by atoms with Crippen molar-refractivity contribution in [1.29, 1.82) is 0 Å². The Kier molecular flexibility index (Phi) is 12.9. The molecular weight excluding hydrogens is 405 g/mol. The number of likely N-dealkylation sites (tertiary alicyclic amines) is 1. The van der Waals surface area contributed by atoms with Crippen LogP contribution < -0.4 is 10.6 Å². The lowest BCUT2D eigenvalue weighted by atomic mass is 9.84. The monoisotopic (exact) mass is 443 g/mol. The molecule has 0 saturated carbocycles. The van der Waals surface area contributed by atoms with E-state index in [0.29, 0.717) is 24.8 Å². The first-order valence-corrected chi connectivity index (χ1v) is 11.0. The first-order chi connectivity index (χ1) is 13.2. The van der Waals surface area contributed by atoms with Crippen LogP contribution in [0.1, 0.15) is 63.0 Å². The van der Waals surface area contributed by atoms with Crippen LogP contribution in [0.25, 0.3) is 0 Å². The lowest BCUT2D eigenvalue weighted by molar-refractivity contribution is -0.122. The van der Waals surface area contributed by atoms with E-state index in [2.05, 4.69) is 46.7 Å². The van der Waals surface area contributed by atoms with Crippen molar-refractivity contribution in [1.82, 2.24) is 15.5 Å². The van der Waals surface area contributed by atoms with Gasteiger partial charge in [0.25, 0.3) is 0 Å². The van der Waals surface area contributed by atoms with Crippen LogP contribution in [0.2, 0.25) is 0 Å². The number of piperidine rings is 1. The van der Waals surface area contributed by atoms with Gasteiger partial charge in [0.2, 0.25) is 5.91 Å². The Morgan fingerprint density at radius 2 is 1.69 bits per heavy atom. The van der Waals surface area contributed by atoms with Crippen LogP contribution in [0.15, 0.2) is 24.3 Å². The highest BCUT2D eigenvalue weighted by Crippen LogP contribution is 2.24. The van der Waals surface area contributed by atoms with Gasteiger partial charge in [0.15, 0.2) is 0 Å². The van der Waals surface area contributed by atoms with Crippen molar-refractivity contribution in [3.05, 3.63) is 35.4 Å². The zero-order valence-electron chi connectivity index (χ0n) is 17.8. The molecule has 166 valence electrons. The minimum absolute atomic E-state index is 0. The van der Waals surface area contributed by atoms with Gasteiger partial charge in [0, 0.05) is 19.5 Å². The minimum atomic E-state index is 0. The van der Waals surface area contributed by atoms with Gasteiger partial charge in [0.1, 0.15) is 0 Å². The van der Waals surface area contributed by atoms with Gasteiger partial charge in [-0.2, -0.15) is 0 Å². The Morgan fingerprint density at radius 3 is 2.34 bits per heavy atom. The van der Waals surface area contributed by atoms with Gasteiger partial charge in [0.05, 0.1) is 0 Å². The minimum Gasteiger partial charge on any atom is -0.352 e. The molecule has 2 N–H and O–H groups in total. The molecule has 2 heterocycles. The van der Waals surface area contributed by atoms with E-state index in [1.165, 1.54) is 62.7 Å². The standard InChI is InChI=1S/C23H37N3O.2ClH/c1-19(20-10-12-24-13-11-20)16-23(27)25-17-21-8-4-5-9-22(21)18-26-14-6-2-3-7-15-26;;/h4-5,8-9,19-20,24H,2-3,6-7,10-18H2,1H3,(H,25,27);2*1H. The molecule has 0 aliphatic carbocycles. The van der Waals surface area contributed by atoms with Crippen LogP contribution in [0.3, 0.4) is 0 Å². The summed E-state index contributed by atoms with van der Waals surface area (Å²) in [5, 5.41) is 6.59. The second-order valence-electron chi connectivity index (χ2n) is 8.50. The van der Waals surface area contributed by atoms with Gasteiger partial charge in [-0.05, 0) is 74.8 Å². The van der Waals surface area contributed by atoms with Crippen molar-refractivity contribution in [3.63, 3.8) is 0 Å². The number of carbonyl (C=O) groups excluding carboxylic acids is 1. The molecule has 1 aromatic carbocycles. The number of nitrogens with one attached hydrogen (secondary N) is 2. The fourth-order valence-electron chi connectivity index (χ4n) is 4.56. The predicted molar refractivity (Wildman–Crippen MR) is 126 cm³/mol. The molecule has 0 spiro atoms. The van der Waals surface area contributed by atoms with Gasteiger partial charge in [-0.15, -0.1) is 24.8 Å². The third-order valence-electron chi connectivity index (χ3n) is 6.38. The van der Waals surface area contributed by atoms with Crippen molar-refractivity contribution in [3.8, 4) is 0 Å². The molecule has 1 atom stereocenters. The molecule has 1 aromatic rings. The Balaban J connectivity index is 0.00000210. The molecule has 2 fully saturated rings. The van der Waals surface area contributed by atoms with Crippen LogP contribution in [-0.4, -0.2) is 37.0 Å². The molecule has 1 unspecified atom stereocenters. The number of amides is 1. The zero-order chi connectivity index (χ0) is 18.9. The van der Waals surface area contributed by atoms with E-state index in [-0.39, 0.29) is 30.7 Å². The number of rotatable bonds is 7. The average Bonchev–Trinajstić information content (AvgIpc) is 2.97. The zero-order valence-corrected chi connectivity index (χ0v) is 19.5. The van der Waals surface area contributed by atoms with Gasteiger partial charge in [-0.25, -0.2) is 0 Å². The number of hydrogen-bond acceptors (Lipinski definition) is 3. The van der Waals surface area contributed by atoms with Gasteiger partial charge < -0.3 is 10.6 Å². The largest absolute Gasteiger partial charge is 0.352 e. The maximum atomic E-state index is 12.5. The number of nitrogens with zero attached hydrogens (tertiary/aromatic N) is 1. The fraction of sp³-hybridized carbons (Fsp3) is 0.696. The van der Waals surface area contributed by atoms with Gasteiger partial charge in [-0.3, -0.25) is 9.69 Å². The second-order valence-corrected chi connectivity index (χ2v) is 8.50. The fourth-order valence-corrected chi connectivity index (χ4v) is 4.56. The molecule has 4 nitrogen and oxygen atoms in total. The summed E-state index contributed by atoms with van der Waals surface area (Å²) in [6.07, 6.45) is 8.41. The molecule has 6 heteroatoms. The number of carbonyl (C=O) groups is 1. The van der Waals surface area contributed by atoms with E-state index in [4.69, 9.17) is 0 Å². The van der Waals surface area contributed by atoms with E-state index in [1.807, 2.05) is 0 Å². The highest BCUT2D eigenvalue weighted by molar-refractivity contribution is 5.85. The summed E-state index contributed by atoms with van der Waals surface area (Å²) in [5.74, 6) is 1.36. The van der Waals surface area contributed by atoms with Gasteiger partial charge >= 0.3 is 0 Å². The third-order valence-corrected chi connectivity index (χ3v) is 6.38. The molecule has 1 amide bonds. The third kappa shape index (κ3) is 8.84. The Hall–Kier alpha value is -0.810. The SMILES string of the molecule is CC(CC(=O)NCc1ccccc1CN1CCCCCC1)C1CCNCC1.Cl.Cl. The van der Waals surface area contributed by atoms with E-state index >= 15 is 0 Å². The van der Waals surface area contributed by atoms with E-state index < -0.39 is 0 Å². The molecular formula is C23H39Cl2N3O. The van der Waals surface area contributed by atoms with E-state index in [1.54, 1.807) is 0 Å². The molecule has 0 aromatic heterocycles. The maximum absolute atomic E-state index is 12.5. The smallest absolute Gasteiger partial charge is 0.220 e. The van der Waals surface area contributed by atoms with Crippen molar-refractivity contribution >= 4 is 30.7 Å². The van der Waals surface area contributed by atoms with Crippen molar-refractivity contribution < 1.29 is 4.79 Å². The summed E-state index contributed by atoms with van der Waals surface area (Å²) >= 11 is 0. The highest BCUT2D eigenvalue weighted by atomic mass is 35.5. The van der Waals surface area contributed by atoms with Crippen molar-refractivity contribution in [2.45, 2.75) is 65.0 Å².